The van der Waals surface area contributed by atoms with E-state index >= 15 is 0 Å². The second kappa shape index (κ2) is 7.11. The first-order valence-corrected chi connectivity index (χ1v) is 9.59. The van der Waals surface area contributed by atoms with Crippen LogP contribution in [0.3, 0.4) is 0 Å². The number of hydrogen-bond donors (Lipinski definition) is 1. The van der Waals surface area contributed by atoms with Crippen LogP contribution < -0.4 is 5.32 Å². The Balaban J connectivity index is 0.00000156. The molecular formula is C16H18Cl2N2OS2. The zero-order valence-corrected chi connectivity index (χ0v) is 15.7. The Labute approximate surface area is 155 Å². The summed E-state index contributed by atoms with van der Waals surface area (Å²) in [4.78, 5) is 18.0. The van der Waals surface area contributed by atoms with Gasteiger partial charge in [-0.25, -0.2) is 0 Å². The van der Waals surface area contributed by atoms with Crippen molar-refractivity contribution >= 4 is 52.6 Å². The van der Waals surface area contributed by atoms with Gasteiger partial charge in [-0.1, -0.05) is 11.6 Å². The van der Waals surface area contributed by atoms with E-state index in [1.54, 1.807) is 22.7 Å². The van der Waals surface area contributed by atoms with Gasteiger partial charge in [0.25, 0.3) is 5.91 Å². The average Bonchev–Trinajstić information content (AvgIpc) is 3.17. The van der Waals surface area contributed by atoms with Gasteiger partial charge >= 0.3 is 0 Å². The molecule has 0 radical (unpaired) electrons. The van der Waals surface area contributed by atoms with E-state index in [9.17, 15) is 4.79 Å². The molecule has 3 nitrogen and oxygen atoms in total. The number of piperidine rings is 3. The third kappa shape index (κ3) is 3.59. The lowest BCUT2D eigenvalue weighted by Gasteiger charge is -2.44. The standard InChI is InChI=1S/C16H17ClN2OS2.ClH/c17-15-4-3-13(22-15)12-1-2-14(21-12)16(20)18-11-9-19-7-5-10(11)6-8-19;/h1-4,10-11H,5-9H2,(H,18,20);1H/t11-;/m0./s1. The van der Waals surface area contributed by atoms with Crippen molar-refractivity contribution in [1.29, 1.82) is 0 Å². The second-order valence-corrected chi connectivity index (χ2v) is 8.78. The number of thiophene rings is 2. The normalized spacial score (nSPS) is 25.9. The van der Waals surface area contributed by atoms with Gasteiger partial charge in [0.15, 0.2) is 0 Å². The van der Waals surface area contributed by atoms with Crippen molar-refractivity contribution < 1.29 is 4.79 Å². The molecule has 0 saturated carbocycles. The number of rotatable bonds is 3. The van der Waals surface area contributed by atoms with E-state index in [0.29, 0.717) is 12.0 Å². The van der Waals surface area contributed by atoms with Crippen LogP contribution in [0.2, 0.25) is 4.34 Å². The first-order chi connectivity index (χ1) is 10.7. The molecule has 23 heavy (non-hydrogen) atoms. The molecule has 3 fully saturated rings. The predicted octanol–water partition coefficient (Wildman–Crippen LogP) is 4.38. The molecule has 124 valence electrons. The third-order valence-electron chi connectivity index (χ3n) is 4.62. The summed E-state index contributed by atoms with van der Waals surface area (Å²) in [5, 5.41) is 3.24. The molecule has 0 unspecified atom stereocenters. The molecule has 5 heterocycles. The Morgan fingerprint density at radius 2 is 1.83 bits per heavy atom. The number of amides is 1. The summed E-state index contributed by atoms with van der Waals surface area (Å²) in [6, 6.07) is 8.15. The molecule has 2 aromatic heterocycles. The highest BCUT2D eigenvalue weighted by Gasteiger charge is 2.35. The number of carbonyl (C=O) groups excluding carboxylic acids is 1. The SMILES string of the molecule is Cl.O=C(N[C@H]1CN2CCC1CC2)c1ccc(-c2ccc(Cl)s2)s1. The second-order valence-electron chi connectivity index (χ2n) is 5.99. The van der Waals surface area contributed by atoms with E-state index in [0.717, 1.165) is 25.5 Å². The van der Waals surface area contributed by atoms with Crippen LogP contribution in [-0.4, -0.2) is 36.5 Å². The van der Waals surface area contributed by atoms with Crippen LogP contribution in [0.15, 0.2) is 24.3 Å². The molecule has 3 saturated heterocycles. The van der Waals surface area contributed by atoms with Gasteiger partial charge in [-0.15, -0.1) is 35.1 Å². The molecule has 2 bridgehead atoms. The van der Waals surface area contributed by atoms with Crippen LogP contribution in [0.5, 0.6) is 0 Å². The highest BCUT2D eigenvalue weighted by atomic mass is 35.5. The lowest BCUT2D eigenvalue weighted by molar-refractivity contribution is 0.0622. The first kappa shape index (κ1) is 17.2. The van der Waals surface area contributed by atoms with Gasteiger partial charge in [0.1, 0.15) is 0 Å². The number of nitrogens with zero attached hydrogens (tertiary/aromatic N) is 1. The highest BCUT2D eigenvalue weighted by Crippen LogP contribution is 2.35. The summed E-state index contributed by atoms with van der Waals surface area (Å²) >= 11 is 9.07. The minimum atomic E-state index is 0. The Kier molecular flexibility index (Phi) is 5.33. The molecule has 1 amide bonds. The van der Waals surface area contributed by atoms with E-state index in [2.05, 4.69) is 10.2 Å². The summed E-state index contributed by atoms with van der Waals surface area (Å²) in [6.07, 6.45) is 2.43. The van der Waals surface area contributed by atoms with Crippen molar-refractivity contribution in [3.05, 3.63) is 33.5 Å². The van der Waals surface area contributed by atoms with E-state index in [1.165, 1.54) is 25.9 Å². The maximum absolute atomic E-state index is 12.5. The Hall–Kier alpha value is -0.590. The molecule has 5 rings (SSSR count). The van der Waals surface area contributed by atoms with E-state index < -0.39 is 0 Å². The van der Waals surface area contributed by atoms with Gasteiger partial charge in [-0.3, -0.25) is 4.79 Å². The van der Waals surface area contributed by atoms with E-state index in [4.69, 9.17) is 11.6 Å². The third-order valence-corrected chi connectivity index (χ3v) is 7.13. The molecule has 0 spiro atoms. The zero-order valence-electron chi connectivity index (χ0n) is 12.5. The van der Waals surface area contributed by atoms with Crippen LogP contribution in [-0.2, 0) is 0 Å². The highest BCUT2D eigenvalue weighted by molar-refractivity contribution is 7.24. The van der Waals surface area contributed by atoms with Gasteiger partial charge in [0, 0.05) is 22.3 Å². The molecule has 7 heteroatoms. The predicted molar refractivity (Wildman–Crippen MR) is 100 cm³/mol. The minimum absolute atomic E-state index is 0. The smallest absolute Gasteiger partial charge is 0.261 e. The molecule has 0 aliphatic carbocycles. The van der Waals surface area contributed by atoms with Crippen molar-refractivity contribution in [1.82, 2.24) is 10.2 Å². The number of carbonyl (C=O) groups is 1. The Bertz CT molecular complexity index is 692. The largest absolute Gasteiger partial charge is 0.347 e. The Morgan fingerprint density at radius 1 is 1.13 bits per heavy atom. The molecule has 0 aromatic carbocycles. The average molecular weight is 389 g/mol. The van der Waals surface area contributed by atoms with E-state index in [-0.39, 0.29) is 18.3 Å². The molecule has 1 atom stereocenters. The number of fused-ring (bicyclic) bond motifs is 3. The topological polar surface area (TPSA) is 32.3 Å². The molecule has 1 N–H and O–H groups in total. The molecule has 3 aliphatic heterocycles. The zero-order chi connectivity index (χ0) is 15.1. The molecular weight excluding hydrogens is 371 g/mol. The lowest BCUT2D eigenvalue weighted by Crippen LogP contribution is -2.57. The maximum Gasteiger partial charge on any atom is 0.261 e. The summed E-state index contributed by atoms with van der Waals surface area (Å²) in [5.41, 5.74) is 0. The minimum Gasteiger partial charge on any atom is -0.347 e. The van der Waals surface area contributed by atoms with Crippen molar-refractivity contribution in [2.45, 2.75) is 18.9 Å². The summed E-state index contributed by atoms with van der Waals surface area (Å²) < 4.78 is 0.779. The summed E-state index contributed by atoms with van der Waals surface area (Å²) in [5.74, 6) is 0.724. The van der Waals surface area contributed by atoms with Crippen LogP contribution in [0.4, 0.5) is 0 Å². The Morgan fingerprint density at radius 3 is 2.43 bits per heavy atom. The van der Waals surface area contributed by atoms with Crippen molar-refractivity contribution in [2.75, 3.05) is 19.6 Å². The van der Waals surface area contributed by atoms with Crippen molar-refractivity contribution in [2.24, 2.45) is 5.92 Å². The first-order valence-electron chi connectivity index (χ1n) is 7.58. The summed E-state index contributed by atoms with van der Waals surface area (Å²) in [7, 11) is 0. The van der Waals surface area contributed by atoms with Gasteiger partial charge in [-0.05, 0) is 56.1 Å². The monoisotopic (exact) mass is 388 g/mol. The number of halogens is 2. The summed E-state index contributed by atoms with van der Waals surface area (Å²) in [6.45, 7) is 3.40. The van der Waals surface area contributed by atoms with Crippen LogP contribution in [0, 0.1) is 5.92 Å². The fourth-order valence-electron chi connectivity index (χ4n) is 3.41. The van der Waals surface area contributed by atoms with Gasteiger partial charge in [0.2, 0.25) is 0 Å². The number of nitrogens with one attached hydrogen (secondary N) is 1. The maximum atomic E-state index is 12.5. The van der Waals surface area contributed by atoms with E-state index in [1.807, 2.05) is 24.3 Å². The fraction of sp³-hybridized carbons (Fsp3) is 0.438. The van der Waals surface area contributed by atoms with Crippen LogP contribution in [0.1, 0.15) is 22.5 Å². The van der Waals surface area contributed by atoms with Crippen molar-refractivity contribution in [3.63, 3.8) is 0 Å². The number of hydrogen-bond acceptors (Lipinski definition) is 4. The lowest BCUT2D eigenvalue weighted by atomic mass is 9.84. The van der Waals surface area contributed by atoms with Gasteiger partial charge in [-0.2, -0.15) is 0 Å². The molecule has 2 aromatic rings. The van der Waals surface area contributed by atoms with Crippen LogP contribution >= 0.6 is 46.7 Å². The van der Waals surface area contributed by atoms with Crippen LogP contribution in [0.25, 0.3) is 9.75 Å². The fourth-order valence-corrected chi connectivity index (χ4v) is 5.45. The van der Waals surface area contributed by atoms with Gasteiger partial charge < -0.3 is 10.2 Å². The van der Waals surface area contributed by atoms with Gasteiger partial charge in [0.05, 0.1) is 9.21 Å². The molecule has 3 aliphatic rings. The quantitative estimate of drug-likeness (QED) is 0.845. The van der Waals surface area contributed by atoms with Crippen molar-refractivity contribution in [3.8, 4) is 9.75 Å².